The molecule has 3 rings (SSSR count). The summed E-state index contributed by atoms with van der Waals surface area (Å²) in [5, 5.41) is 12.9. The third-order valence-corrected chi connectivity index (χ3v) is 10.8. The first-order chi connectivity index (χ1) is 14.3. The van der Waals surface area contributed by atoms with Gasteiger partial charge in [-0.05, 0) is 41.3 Å². The van der Waals surface area contributed by atoms with Gasteiger partial charge in [-0.2, -0.15) is 0 Å². The smallest absolute Gasteiger partial charge is 0.334 e. The van der Waals surface area contributed by atoms with E-state index in [9.17, 15) is 9.90 Å². The number of hydrogen-bond acceptors (Lipinski definition) is 4. The summed E-state index contributed by atoms with van der Waals surface area (Å²) in [5.41, 5.74) is 0.558. The summed E-state index contributed by atoms with van der Waals surface area (Å²) in [6.45, 7) is 8.99. The summed E-state index contributed by atoms with van der Waals surface area (Å²) in [4.78, 5) is 11.6. The van der Waals surface area contributed by atoms with Crippen molar-refractivity contribution in [2.24, 2.45) is 0 Å². The van der Waals surface area contributed by atoms with Crippen LogP contribution >= 0.6 is 0 Å². The summed E-state index contributed by atoms with van der Waals surface area (Å²) in [7, 11) is -2.55. The predicted molar refractivity (Wildman–Crippen MR) is 122 cm³/mol. The van der Waals surface area contributed by atoms with Crippen molar-refractivity contribution in [1.29, 1.82) is 0 Å². The van der Waals surface area contributed by atoms with Crippen molar-refractivity contribution in [1.82, 2.24) is 0 Å². The van der Waals surface area contributed by atoms with Gasteiger partial charge in [-0.15, -0.1) is 0 Å². The van der Waals surface area contributed by atoms with Crippen LogP contribution < -0.4 is 10.4 Å². The minimum absolute atomic E-state index is 0.0743. The molecule has 0 saturated heterocycles. The minimum Gasteiger partial charge on any atom is -0.452 e. The van der Waals surface area contributed by atoms with Gasteiger partial charge in [0.05, 0.1) is 6.10 Å². The highest BCUT2D eigenvalue weighted by Gasteiger charge is 2.50. The third-order valence-electron chi connectivity index (χ3n) is 5.74. The SMILES string of the molecule is CC1=C[C@@H]([C@@H](O)CCCO[Si](c2ccccc2)(c2ccccc2)C(C)(C)C)OC1=O. The summed E-state index contributed by atoms with van der Waals surface area (Å²) in [6, 6.07) is 21.0. The first-order valence-electron chi connectivity index (χ1n) is 10.6. The second-order valence-electron chi connectivity index (χ2n) is 8.94. The number of ether oxygens (including phenoxy) is 1. The maximum absolute atomic E-state index is 11.6. The van der Waals surface area contributed by atoms with Crippen LogP contribution in [0.15, 0.2) is 72.3 Å². The molecule has 0 aromatic heterocycles. The largest absolute Gasteiger partial charge is 0.452 e. The third kappa shape index (κ3) is 4.58. The van der Waals surface area contributed by atoms with Crippen LogP contribution in [0, 0.1) is 0 Å². The molecule has 1 aliphatic rings. The van der Waals surface area contributed by atoms with Crippen molar-refractivity contribution in [3.8, 4) is 0 Å². The highest BCUT2D eigenvalue weighted by molar-refractivity contribution is 6.99. The number of carbonyl (C=O) groups excluding carboxylic acids is 1. The molecule has 1 heterocycles. The first kappa shape index (κ1) is 22.5. The normalized spacial score (nSPS) is 18.1. The van der Waals surface area contributed by atoms with Crippen LogP contribution in [0.4, 0.5) is 0 Å². The lowest BCUT2D eigenvalue weighted by atomic mass is 10.1. The quantitative estimate of drug-likeness (QED) is 0.400. The van der Waals surface area contributed by atoms with Crippen LogP contribution in [0.5, 0.6) is 0 Å². The number of aliphatic hydroxyl groups excluding tert-OH is 1. The number of aliphatic hydroxyl groups is 1. The molecule has 30 heavy (non-hydrogen) atoms. The van der Waals surface area contributed by atoms with Gasteiger partial charge < -0.3 is 14.3 Å². The van der Waals surface area contributed by atoms with Crippen LogP contribution in [0.1, 0.15) is 40.5 Å². The molecule has 0 bridgehead atoms. The van der Waals surface area contributed by atoms with Crippen LogP contribution in [0.25, 0.3) is 0 Å². The van der Waals surface area contributed by atoms with E-state index in [2.05, 4.69) is 69.3 Å². The van der Waals surface area contributed by atoms with Crippen molar-refractivity contribution in [2.45, 2.75) is 57.8 Å². The number of hydrogen-bond donors (Lipinski definition) is 1. The molecule has 160 valence electrons. The Balaban J connectivity index is 1.78. The van der Waals surface area contributed by atoms with Gasteiger partial charge in [0.1, 0.15) is 6.10 Å². The number of cyclic esters (lactones) is 1. The van der Waals surface area contributed by atoms with Gasteiger partial charge in [-0.3, -0.25) is 0 Å². The Labute approximate surface area is 180 Å². The number of carbonyl (C=O) groups is 1. The fourth-order valence-corrected chi connectivity index (χ4v) is 8.80. The lowest BCUT2D eigenvalue weighted by molar-refractivity contribution is -0.143. The predicted octanol–water partition coefficient (Wildman–Crippen LogP) is 3.58. The van der Waals surface area contributed by atoms with Crippen LogP contribution in [0.2, 0.25) is 5.04 Å². The topological polar surface area (TPSA) is 55.8 Å². The fraction of sp³-hybridized carbons (Fsp3) is 0.400. The minimum atomic E-state index is -2.55. The lowest BCUT2D eigenvalue weighted by Gasteiger charge is -2.43. The van der Waals surface area contributed by atoms with Gasteiger partial charge in [0.25, 0.3) is 8.32 Å². The molecule has 2 atom stereocenters. The molecular weight excluding hydrogens is 392 g/mol. The summed E-state index contributed by atoms with van der Waals surface area (Å²) >= 11 is 0. The van der Waals surface area contributed by atoms with Crippen molar-refractivity contribution in [2.75, 3.05) is 6.61 Å². The molecule has 0 radical (unpaired) electrons. The van der Waals surface area contributed by atoms with Crippen molar-refractivity contribution >= 4 is 24.7 Å². The second kappa shape index (κ2) is 9.29. The van der Waals surface area contributed by atoms with E-state index in [1.807, 2.05) is 12.1 Å². The molecule has 4 nitrogen and oxygen atoms in total. The van der Waals surface area contributed by atoms with Gasteiger partial charge in [0, 0.05) is 12.2 Å². The zero-order valence-electron chi connectivity index (χ0n) is 18.3. The molecule has 2 aromatic carbocycles. The monoisotopic (exact) mass is 424 g/mol. The Hall–Kier alpha value is -2.21. The molecule has 0 amide bonds. The van der Waals surface area contributed by atoms with Gasteiger partial charge in [-0.1, -0.05) is 81.4 Å². The van der Waals surface area contributed by atoms with E-state index < -0.39 is 20.5 Å². The summed E-state index contributed by atoms with van der Waals surface area (Å²) in [5.74, 6) is -0.345. The molecule has 0 aliphatic carbocycles. The Kier molecular flexibility index (Phi) is 6.96. The van der Waals surface area contributed by atoms with E-state index >= 15 is 0 Å². The highest BCUT2D eigenvalue weighted by atomic mass is 28.4. The van der Waals surface area contributed by atoms with Gasteiger partial charge >= 0.3 is 5.97 Å². The Morgan fingerprint density at radius 2 is 1.57 bits per heavy atom. The molecule has 2 aromatic rings. The van der Waals surface area contributed by atoms with E-state index in [1.54, 1.807) is 13.0 Å². The van der Waals surface area contributed by atoms with Crippen molar-refractivity contribution in [3.05, 3.63) is 72.3 Å². The van der Waals surface area contributed by atoms with E-state index in [4.69, 9.17) is 9.16 Å². The first-order valence-corrected chi connectivity index (χ1v) is 12.5. The molecule has 0 fully saturated rings. The standard InChI is InChI=1S/C25H32O4Si/c1-19-18-23(29-24(19)27)22(26)16-11-17-28-30(25(2,3)4,20-12-7-5-8-13-20)21-14-9-6-10-15-21/h5-10,12-15,18,22-23,26H,11,16-17H2,1-4H3/t22-,23-/m0/s1. The lowest BCUT2D eigenvalue weighted by Crippen LogP contribution is -2.66. The van der Waals surface area contributed by atoms with Crippen LogP contribution in [-0.4, -0.2) is 38.2 Å². The van der Waals surface area contributed by atoms with Gasteiger partial charge in [0.15, 0.2) is 0 Å². The van der Waals surface area contributed by atoms with Gasteiger partial charge in [-0.25, -0.2) is 4.79 Å². The fourth-order valence-electron chi connectivity index (χ4n) is 4.20. The molecule has 5 heteroatoms. The van der Waals surface area contributed by atoms with E-state index in [-0.39, 0.29) is 11.0 Å². The Bertz CT molecular complexity index is 832. The average molecular weight is 425 g/mol. The number of benzene rings is 2. The van der Waals surface area contributed by atoms with Crippen molar-refractivity contribution < 1.29 is 19.1 Å². The molecule has 1 N–H and O–H groups in total. The summed E-state index contributed by atoms with van der Waals surface area (Å²) in [6.07, 6.45) is 1.64. The summed E-state index contributed by atoms with van der Waals surface area (Å²) < 4.78 is 12.0. The second-order valence-corrected chi connectivity index (χ2v) is 13.2. The maximum Gasteiger partial charge on any atom is 0.334 e. The molecule has 0 spiro atoms. The Morgan fingerprint density at radius 1 is 1.03 bits per heavy atom. The van der Waals surface area contributed by atoms with Gasteiger partial charge in [0.2, 0.25) is 0 Å². The zero-order valence-corrected chi connectivity index (χ0v) is 19.3. The molecule has 0 saturated carbocycles. The number of rotatable bonds is 8. The highest BCUT2D eigenvalue weighted by Crippen LogP contribution is 2.36. The van der Waals surface area contributed by atoms with E-state index in [0.717, 1.165) is 0 Å². The maximum atomic E-state index is 11.6. The van der Waals surface area contributed by atoms with Crippen LogP contribution in [0.3, 0.4) is 0 Å². The Morgan fingerprint density at radius 3 is 2.00 bits per heavy atom. The molecular formula is C25H32O4Si. The average Bonchev–Trinajstić information content (AvgIpc) is 3.07. The number of esters is 1. The van der Waals surface area contributed by atoms with Crippen LogP contribution in [-0.2, 0) is 14.0 Å². The van der Waals surface area contributed by atoms with Crippen molar-refractivity contribution in [3.63, 3.8) is 0 Å². The van der Waals surface area contributed by atoms with E-state index in [0.29, 0.717) is 25.0 Å². The van der Waals surface area contributed by atoms with E-state index in [1.165, 1.54) is 10.4 Å². The molecule has 1 aliphatic heterocycles. The molecule has 0 unspecified atom stereocenters. The zero-order chi connectivity index (χ0) is 21.8.